The standard InChI is InChI=1S/C16H15N3O5/c1-23-14-6-11(7-15(9-14)24-2)10-17-18-16(20)12-4-3-5-13(8-12)19(21)22/h3-10H,1-2H3,(H,18,20)/b17-10-. The van der Waals surface area contributed by atoms with Gasteiger partial charge in [-0.2, -0.15) is 5.10 Å². The molecule has 0 heterocycles. The lowest BCUT2D eigenvalue weighted by atomic mass is 10.2. The fourth-order valence-electron chi connectivity index (χ4n) is 1.89. The van der Waals surface area contributed by atoms with Gasteiger partial charge >= 0.3 is 0 Å². The SMILES string of the molecule is COc1cc(/C=N\NC(=O)c2cccc([N+](=O)[O-])c2)cc(OC)c1. The predicted octanol–water partition coefficient (Wildman–Crippen LogP) is 2.38. The zero-order valence-electron chi connectivity index (χ0n) is 13.1. The molecule has 0 atom stereocenters. The smallest absolute Gasteiger partial charge is 0.271 e. The monoisotopic (exact) mass is 329 g/mol. The minimum atomic E-state index is -0.567. The molecule has 0 spiro atoms. The van der Waals surface area contributed by atoms with E-state index in [1.165, 1.54) is 44.7 Å². The minimum Gasteiger partial charge on any atom is -0.497 e. The summed E-state index contributed by atoms with van der Waals surface area (Å²) in [6, 6.07) is 10.5. The average molecular weight is 329 g/mol. The van der Waals surface area contributed by atoms with Gasteiger partial charge in [0.05, 0.1) is 25.4 Å². The van der Waals surface area contributed by atoms with E-state index in [9.17, 15) is 14.9 Å². The highest BCUT2D eigenvalue weighted by Crippen LogP contribution is 2.21. The third-order valence-electron chi connectivity index (χ3n) is 3.07. The van der Waals surface area contributed by atoms with Crippen LogP contribution in [0.4, 0.5) is 5.69 Å². The summed E-state index contributed by atoms with van der Waals surface area (Å²) in [6.45, 7) is 0. The number of methoxy groups -OCH3 is 2. The second kappa shape index (κ2) is 7.73. The van der Waals surface area contributed by atoms with E-state index in [-0.39, 0.29) is 11.3 Å². The van der Waals surface area contributed by atoms with Crippen molar-refractivity contribution in [2.24, 2.45) is 5.10 Å². The van der Waals surface area contributed by atoms with Crippen molar-refractivity contribution in [1.29, 1.82) is 0 Å². The second-order valence-electron chi connectivity index (χ2n) is 4.65. The molecule has 0 aliphatic heterocycles. The lowest BCUT2D eigenvalue weighted by Gasteiger charge is -2.05. The Balaban J connectivity index is 2.10. The van der Waals surface area contributed by atoms with Gasteiger partial charge in [0.15, 0.2) is 0 Å². The van der Waals surface area contributed by atoms with Crippen LogP contribution in [0, 0.1) is 10.1 Å². The first kappa shape index (κ1) is 16.9. The molecule has 8 heteroatoms. The zero-order chi connectivity index (χ0) is 17.5. The summed E-state index contributed by atoms with van der Waals surface area (Å²) in [5, 5.41) is 14.6. The van der Waals surface area contributed by atoms with E-state index in [1.807, 2.05) is 0 Å². The highest BCUT2D eigenvalue weighted by Gasteiger charge is 2.10. The van der Waals surface area contributed by atoms with E-state index in [4.69, 9.17) is 9.47 Å². The van der Waals surface area contributed by atoms with E-state index >= 15 is 0 Å². The van der Waals surface area contributed by atoms with E-state index < -0.39 is 10.8 Å². The maximum atomic E-state index is 12.0. The number of nitro benzene ring substituents is 1. The quantitative estimate of drug-likeness (QED) is 0.498. The molecule has 0 radical (unpaired) electrons. The Hall–Kier alpha value is -3.42. The number of rotatable bonds is 6. The molecule has 1 amide bonds. The molecule has 0 aromatic heterocycles. The van der Waals surface area contributed by atoms with Crippen molar-refractivity contribution < 1.29 is 19.2 Å². The molecular weight excluding hydrogens is 314 g/mol. The Morgan fingerprint density at radius 1 is 1.17 bits per heavy atom. The first-order valence-electron chi connectivity index (χ1n) is 6.84. The molecule has 2 aromatic rings. The Labute approximate surface area is 137 Å². The van der Waals surface area contributed by atoms with Crippen LogP contribution in [0.2, 0.25) is 0 Å². The Morgan fingerprint density at radius 2 is 1.83 bits per heavy atom. The fraction of sp³-hybridized carbons (Fsp3) is 0.125. The first-order chi connectivity index (χ1) is 11.5. The van der Waals surface area contributed by atoms with Gasteiger partial charge in [-0.3, -0.25) is 14.9 Å². The summed E-state index contributed by atoms with van der Waals surface area (Å²) in [5.74, 6) is 0.617. The zero-order valence-corrected chi connectivity index (χ0v) is 13.1. The maximum Gasteiger partial charge on any atom is 0.271 e. The molecule has 124 valence electrons. The van der Waals surface area contributed by atoms with Crippen molar-refractivity contribution in [3.8, 4) is 11.5 Å². The number of amides is 1. The Bertz CT molecular complexity index is 767. The predicted molar refractivity (Wildman–Crippen MR) is 87.7 cm³/mol. The van der Waals surface area contributed by atoms with Crippen LogP contribution < -0.4 is 14.9 Å². The highest BCUT2D eigenvalue weighted by molar-refractivity contribution is 5.95. The molecule has 8 nitrogen and oxygen atoms in total. The van der Waals surface area contributed by atoms with Crippen LogP contribution in [0.25, 0.3) is 0 Å². The van der Waals surface area contributed by atoms with Crippen LogP contribution in [0.3, 0.4) is 0 Å². The first-order valence-corrected chi connectivity index (χ1v) is 6.84. The van der Waals surface area contributed by atoms with Gasteiger partial charge in [-0.05, 0) is 18.2 Å². The average Bonchev–Trinajstić information content (AvgIpc) is 2.61. The minimum absolute atomic E-state index is 0.143. The number of non-ortho nitro benzene ring substituents is 1. The van der Waals surface area contributed by atoms with Crippen LogP contribution in [0.1, 0.15) is 15.9 Å². The topological polar surface area (TPSA) is 103 Å². The van der Waals surface area contributed by atoms with Gasteiger partial charge in [0, 0.05) is 29.3 Å². The van der Waals surface area contributed by atoms with E-state index in [1.54, 1.807) is 18.2 Å². The van der Waals surface area contributed by atoms with Crippen LogP contribution in [-0.2, 0) is 0 Å². The number of carbonyl (C=O) groups excluding carboxylic acids is 1. The number of nitro groups is 1. The molecular formula is C16H15N3O5. The van der Waals surface area contributed by atoms with Gasteiger partial charge < -0.3 is 9.47 Å². The Morgan fingerprint density at radius 3 is 2.42 bits per heavy atom. The highest BCUT2D eigenvalue weighted by atomic mass is 16.6. The fourth-order valence-corrected chi connectivity index (χ4v) is 1.89. The normalized spacial score (nSPS) is 10.4. The van der Waals surface area contributed by atoms with Crippen molar-refractivity contribution in [1.82, 2.24) is 5.43 Å². The third kappa shape index (κ3) is 4.29. The molecule has 0 unspecified atom stereocenters. The molecule has 24 heavy (non-hydrogen) atoms. The summed E-state index contributed by atoms with van der Waals surface area (Å²) < 4.78 is 10.3. The number of nitrogens with one attached hydrogen (secondary N) is 1. The van der Waals surface area contributed by atoms with Gasteiger partial charge in [-0.15, -0.1) is 0 Å². The van der Waals surface area contributed by atoms with Gasteiger partial charge in [-0.25, -0.2) is 5.43 Å². The summed E-state index contributed by atoms with van der Waals surface area (Å²) in [5.41, 5.74) is 2.95. The largest absolute Gasteiger partial charge is 0.497 e. The molecule has 0 bridgehead atoms. The molecule has 0 saturated carbocycles. The second-order valence-corrected chi connectivity index (χ2v) is 4.65. The summed E-state index contributed by atoms with van der Waals surface area (Å²) in [7, 11) is 3.06. The number of hydrazone groups is 1. The number of nitrogens with zero attached hydrogens (tertiary/aromatic N) is 2. The lowest BCUT2D eigenvalue weighted by molar-refractivity contribution is -0.384. The molecule has 0 aliphatic rings. The van der Waals surface area contributed by atoms with Crippen molar-refractivity contribution in [2.45, 2.75) is 0 Å². The number of benzene rings is 2. The van der Waals surface area contributed by atoms with Gasteiger partial charge in [0.1, 0.15) is 11.5 Å². The third-order valence-corrected chi connectivity index (χ3v) is 3.07. The van der Waals surface area contributed by atoms with Crippen molar-refractivity contribution >= 4 is 17.8 Å². The number of hydrogen-bond donors (Lipinski definition) is 1. The van der Waals surface area contributed by atoms with Crippen LogP contribution in [-0.4, -0.2) is 31.3 Å². The van der Waals surface area contributed by atoms with Gasteiger partial charge in [0.25, 0.3) is 11.6 Å². The van der Waals surface area contributed by atoms with Crippen molar-refractivity contribution in [2.75, 3.05) is 14.2 Å². The molecule has 0 saturated heterocycles. The molecule has 1 N–H and O–H groups in total. The summed E-state index contributed by atoms with van der Waals surface area (Å²) in [6.07, 6.45) is 1.42. The maximum absolute atomic E-state index is 12.0. The van der Waals surface area contributed by atoms with E-state index in [0.29, 0.717) is 17.1 Å². The van der Waals surface area contributed by atoms with Crippen LogP contribution in [0.5, 0.6) is 11.5 Å². The van der Waals surface area contributed by atoms with E-state index in [2.05, 4.69) is 10.5 Å². The van der Waals surface area contributed by atoms with Crippen molar-refractivity contribution in [3.63, 3.8) is 0 Å². The molecule has 2 rings (SSSR count). The Kier molecular flexibility index (Phi) is 5.45. The van der Waals surface area contributed by atoms with Crippen LogP contribution >= 0.6 is 0 Å². The molecule has 0 fully saturated rings. The molecule has 2 aromatic carbocycles. The number of ether oxygens (including phenoxy) is 2. The van der Waals surface area contributed by atoms with Crippen LogP contribution in [0.15, 0.2) is 47.6 Å². The lowest BCUT2D eigenvalue weighted by Crippen LogP contribution is -2.17. The number of carbonyl (C=O) groups is 1. The summed E-state index contributed by atoms with van der Waals surface area (Å²) >= 11 is 0. The summed E-state index contributed by atoms with van der Waals surface area (Å²) in [4.78, 5) is 22.1. The van der Waals surface area contributed by atoms with E-state index in [0.717, 1.165) is 0 Å². The van der Waals surface area contributed by atoms with Gasteiger partial charge in [-0.1, -0.05) is 6.07 Å². The van der Waals surface area contributed by atoms with Crippen molar-refractivity contribution in [3.05, 3.63) is 63.7 Å². The molecule has 0 aliphatic carbocycles. The number of hydrogen-bond acceptors (Lipinski definition) is 6. The van der Waals surface area contributed by atoms with Gasteiger partial charge in [0.2, 0.25) is 0 Å².